The maximum absolute atomic E-state index is 12.9. The van der Waals surface area contributed by atoms with Crippen molar-refractivity contribution in [1.82, 2.24) is 4.57 Å². The summed E-state index contributed by atoms with van der Waals surface area (Å²) in [5.74, 6) is -0.496. The Labute approximate surface area is 150 Å². The van der Waals surface area contributed by atoms with Gasteiger partial charge in [-0.25, -0.2) is 4.79 Å². The molecule has 0 bridgehead atoms. The number of hydrogen-bond acceptors (Lipinski definition) is 3. The number of aromatic nitrogens is 1. The van der Waals surface area contributed by atoms with Crippen LogP contribution in [0.5, 0.6) is 0 Å². The smallest absolute Gasteiger partial charge is 0.340 e. The van der Waals surface area contributed by atoms with Crippen molar-refractivity contribution >= 4 is 17.6 Å². The third kappa shape index (κ3) is 3.21. The summed E-state index contributed by atoms with van der Waals surface area (Å²) in [6, 6.07) is 16.2. The van der Waals surface area contributed by atoms with Crippen molar-refractivity contribution in [2.75, 3.05) is 7.11 Å². The van der Waals surface area contributed by atoms with E-state index in [0.717, 1.165) is 5.56 Å². The minimum atomic E-state index is -0.496. The van der Waals surface area contributed by atoms with Gasteiger partial charge in [0, 0.05) is 28.0 Å². The molecule has 0 saturated heterocycles. The van der Waals surface area contributed by atoms with Gasteiger partial charge in [0.25, 0.3) is 5.56 Å². The van der Waals surface area contributed by atoms with Gasteiger partial charge in [-0.15, -0.1) is 0 Å². The van der Waals surface area contributed by atoms with Crippen molar-refractivity contribution in [2.24, 2.45) is 0 Å². The highest BCUT2D eigenvalue weighted by molar-refractivity contribution is 6.30. The molecule has 0 radical (unpaired) electrons. The van der Waals surface area contributed by atoms with Gasteiger partial charge in [0.15, 0.2) is 0 Å². The van der Waals surface area contributed by atoms with Gasteiger partial charge in [-0.1, -0.05) is 41.9 Å². The molecule has 0 N–H and O–H groups in total. The molecule has 4 nitrogen and oxygen atoms in total. The Bertz CT molecular complexity index is 976. The normalized spacial score (nSPS) is 10.5. The topological polar surface area (TPSA) is 48.3 Å². The Balaban J connectivity index is 2.31. The molecule has 126 valence electrons. The number of esters is 1. The summed E-state index contributed by atoms with van der Waals surface area (Å²) in [6.45, 7) is 1.71. The van der Waals surface area contributed by atoms with Crippen LogP contribution in [-0.2, 0) is 4.74 Å². The van der Waals surface area contributed by atoms with Crippen molar-refractivity contribution in [3.8, 4) is 16.8 Å². The first-order valence-corrected chi connectivity index (χ1v) is 8.06. The quantitative estimate of drug-likeness (QED) is 0.661. The Morgan fingerprint density at radius 1 is 1.04 bits per heavy atom. The summed E-state index contributed by atoms with van der Waals surface area (Å²) in [6.07, 6.45) is 1.52. The molecule has 3 rings (SSSR count). The highest BCUT2D eigenvalue weighted by atomic mass is 35.5. The van der Waals surface area contributed by atoms with Gasteiger partial charge in [0.2, 0.25) is 0 Å². The predicted molar refractivity (Wildman–Crippen MR) is 98.6 cm³/mol. The SMILES string of the molecule is COC(=O)c1cn(-c2ccc(Cl)cc2)c(=O)c(C)c1-c1ccccc1. The summed E-state index contributed by atoms with van der Waals surface area (Å²) < 4.78 is 6.36. The molecule has 1 aromatic heterocycles. The van der Waals surface area contributed by atoms with Crippen LogP contribution in [0.2, 0.25) is 5.02 Å². The van der Waals surface area contributed by atoms with E-state index in [4.69, 9.17) is 16.3 Å². The van der Waals surface area contributed by atoms with E-state index in [-0.39, 0.29) is 5.56 Å². The van der Waals surface area contributed by atoms with Gasteiger partial charge in [-0.3, -0.25) is 9.36 Å². The average molecular weight is 354 g/mol. The molecule has 0 fully saturated rings. The lowest BCUT2D eigenvalue weighted by atomic mass is 9.97. The van der Waals surface area contributed by atoms with Crippen molar-refractivity contribution in [1.29, 1.82) is 0 Å². The lowest BCUT2D eigenvalue weighted by Gasteiger charge is -2.15. The van der Waals surface area contributed by atoms with Crippen molar-refractivity contribution in [2.45, 2.75) is 6.92 Å². The van der Waals surface area contributed by atoms with Crippen LogP contribution < -0.4 is 5.56 Å². The Kier molecular flexibility index (Phi) is 4.72. The van der Waals surface area contributed by atoms with E-state index in [2.05, 4.69) is 0 Å². The molecular formula is C20H16ClNO3. The fraction of sp³-hybridized carbons (Fsp3) is 0.100. The van der Waals surface area contributed by atoms with Gasteiger partial charge in [0.1, 0.15) is 0 Å². The first-order valence-electron chi connectivity index (χ1n) is 7.69. The number of halogens is 1. The summed E-state index contributed by atoms with van der Waals surface area (Å²) >= 11 is 5.92. The van der Waals surface area contributed by atoms with Crippen LogP contribution >= 0.6 is 11.6 Å². The van der Waals surface area contributed by atoms with E-state index in [1.165, 1.54) is 17.9 Å². The Hall–Kier alpha value is -2.85. The highest BCUT2D eigenvalue weighted by Gasteiger charge is 2.20. The second-order valence-corrected chi connectivity index (χ2v) is 5.99. The molecule has 25 heavy (non-hydrogen) atoms. The highest BCUT2D eigenvalue weighted by Crippen LogP contribution is 2.27. The zero-order valence-electron chi connectivity index (χ0n) is 13.8. The van der Waals surface area contributed by atoms with Crippen LogP contribution in [-0.4, -0.2) is 17.6 Å². The van der Waals surface area contributed by atoms with Gasteiger partial charge in [0.05, 0.1) is 12.7 Å². The van der Waals surface area contributed by atoms with Crippen LogP contribution in [0.25, 0.3) is 16.8 Å². The van der Waals surface area contributed by atoms with E-state index in [1.807, 2.05) is 30.3 Å². The van der Waals surface area contributed by atoms with Crippen LogP contribution in [0.3, 0.4) is 0 Å². The molecule has 1 heterocycles. The van der Waals surface area contributed by atoms with E-state index in [1.54, 1.807) is 31.2 Å². The standard InChI is InChI=1S/C20H16ClNO3/c1-13-18(14-6-4-3-5-7-14)17(20(24)25-2)12-22(19(13)23)16-10-8-15(21)9-11-16/h3-12H,1-2H3. The molecule has 3 aromatic rings. The maximum Gasteiger partial charge on any atom is 0.340 e. The van der Waals surface area contributed by atoms with Gasteiger partial charge in [-0.05, 0) is 36.8 Å². The summed E-state index contributed by atoms with van der Waals surface area (Å²) in [7, 11) is 1.32. The fourth-order valence-corrected chi connectivity index (χ4v) is 2.90. The van der Waals surface area contributed by atoms with Crippen molar-refractivity contribution in [3.63, 3.8) is 0 Å². The third-order valence-electron chi connectivity index (χ3n) is 4.01. The van der Waals surface area contributed by atoms with E-state index < -0.39 is 5.97 Å². The third-order valence-corrected chi connectivity index (χ3v) is 4.27. The maximum atomic E-state index is 12.9. The molecule has 0 saturated carbocycles. The van der Waals surface area contributed by atoms with E-state index >= 15 is 0 Å². The minimum absolute atomic E-state index is 0.200. The molecule has 0 aliphatic heterocycles. The molecular weight excluding hydrogens is 338 g/mol. The van der Waals surface area contributed by atoms with Crippen LogP contribution in [0.15, 0.2) is 65.6 Å². The largest absolute Gasteiger partial charge is 0.465 e. The second kappa shape index (κ2) is 6.95. The van der Waals surface area contributed by atoms with E-state index in [0.29, 0.717) is 27.4 Å². The summed E-state index contributed by atoms with van der Waals surface area (Å²) in [4.78, 5) is 25.2. The van der Waals surface area contributed by atoms with Crippen LogP contribution in [0.4, 0.5) is 0 Å². The predicted octanol–water partition coefficient (Wildman–Crippen LogP) is 4.25. The minimum Gasteiger partial charge on any atom is -0.465 e. The molecule has 0 aliphatic rings. The van der Waals surface area contributed by atoms with Crippen molar-refractivity contribution < 1.29 is 9.53 Å². The molecule has 0 atom stereocenters. The number of carbonyl (C=O) groups is 1. The van der Waals surface area contributed by atoms with Crippen LogP contribution in [0, 0.1) is 6.92 Å². The van der Waals surface area contributed by atoms with Gasteiger partial charge < -0.3 is 4.74 Å². The summed E-state index contributed by atoms with van der Waals surface area (Å²) in [5, 5.41) is 0.572. The van der Waals surface area contributed by atoms with Gasteiger partial charge >= 0.3 is 5.97 Å². The molecule has 0 unspecified atom stereocenters. The first-order chi connectivity index (χ1) is 12.0. The first kappa shape index (κ1) is 17.0. The number of nitrogens with zero attached hydrogens (tertiary/aromatic N) is 1. The zero-order valence-corrected chi connectivity index (χ0v) is 14.6. The lowest BCUT2D eigenvalue weighted by molar-refractivity contribution is 0.0600. The van der Waals surface area contributed by atoms with Crippen LogP contribution in [0.1, 0.15) is 15.9 Å². The number of pyridine rings is 1. The zero-order chi connectivity index (χ0) is 18.0. The number of ether oxygens (including phenoxy) is 1. The fourth-order valence-electron chi connectivity index (χ4n) is 2.78. The number of methoxy groups -OCH3 is 1. The molecule has 5 heteroatoms. The average Bonchev–Trinajstić information content (AvgIpc) is 2.64. The molecule has 0 amide bonds. The monoisotopic (exact) mass is 353 g/mol. The molecule has 0 aliphatic carbocycles. The number of carbonyl (C=O) groups excluding carboxylic acids is 1. The number of rotatable bonds is 3. The lowest BCUT2D eigenvalue weighted by Crippen LogP contribution is -2.24. The molecule has 2 aromatic carbocycles. The van der Waals surface area contributed by atoms with Gasteiger partial charge in [-0.2, -0.15) is 0 Å². The molecule has 0 spiro atoms. The number of benzene rings is 2. The summed E-state index contributed by atoms with van der Waals surface area (Å²) in [5.41, 5.74) is 2.62. The second-order valence-electron chi connectivity index (χ2n) is 5.55. The Morgan fingerprint density at radius 2 is 1.68 bits per heavy atom. The Morgan fingerprint density at radius 3 is 2.28 bits per heavy atom. The van der Waals surface area contributed by atoms with Crippen molar-refractivity contribution in [3.05, 3.63) is 87.3 Å². The number of hydrogen-bond donors (Lipinski definition) is 0. The van der Waals surface area contributed by atoms with E-state index in [9.17, 15) is 9.59 Å².